The molecule has 0 aromatic carbocycles. The van der Waals surface area contributed by atoms with Crippen LogP contribution in [-0.4, -0.2) is 37.6 Å². The van der Waals surface area contributed by atoms with Crippen molar-refractivity contribution in [2.24, 2.45) is 0 Å². The molecule has 1 fully saturated rings. The number of rotatable bonds is 4. The molecule has 110 valence electrons. The molecule has 7 nitrogen and oxygen atoms in total. The Bertz CT molecular complexity index is 614. The van der Waals surface area contributed by atoms with E-state index in [1.165, 1.54) is 0 Å². The van der Waals surface area contributed by atoms with Gasteiger partial charge in [0, 0.05) is 18.9 Å². The highest BCUT2D eigenvalue weighted by atomic mass is 16.5. The van der Waals surface area contributed by atoms with E-state index < -0.39 is 0 Å². The van der Waals surface area contributed by atoms with Crippen LogP contribution in [0.5, 0.6) is 0 Å². The van der Waals surface area contributed by atoms with Gasteiger partial charge in [0.2, 0.25) is 5.91 Å². The SMILES string of the molecule is O=C(Cc1cccnc1)N1CCCC1c1noc(CO)n1. The van der Waals surface area contributed by atoms with Crippen LogP contribution in [0.15, 0.2) is 29.0 Å². The topological polar surface area (TPSA) is 92.4 Å². The van der Waals surface area contributed by atoms with E-state index in [1.54, 1.807) is 17.3 Å². The van der Waals surface area contributed by atoms with E-state index in [2.05, 4.69) is 15.1 Å². The van der Waals surface area contributed by atoms with Gasteiger partial charge in [0.15, 0.2) is 5.82 Å². The molecule has 1 aliphatic rings. The largest absolute Gasteiger partial charge is 0.387 e. The fourth-order valence-electron chi connectivity index (χ4n) is 2.58. The lowest BCUT2D eigenvalue weighted by Crippen LogP contribution is -2.32. The highest BCUT2D eigenvalue weighted by Gasteiger charge is 2.33. The van der Waals surface area contributed by atoms with Crippen LogP contribution in [0, 0.1) is 0 Å². The average molecular weight is 288 g/mol. The first-order chi connectivity index (χ1) is 10.3. The van der Waals surface area contributed by atoms with Crippen molar-refractivity contribution in [3.63, 3.8) is 0 Å². The number of carbonyl (C=O) groups is 1. The summed E-state index contributed by atoms with van der Waals surface area (Å²) < 4.78 is 4.91. The average Bonchev–Trinajstić information content (AvgIpc) is 3.16. The molecular formula is C14H16N4O3. The van der Waals surface area contributed by atoms with Crippen molar-refractivity contribution < 1.29 is 14.4 Å². The first kappa shape index (κ1) is 13.7. The van der Waals surface area contributed by atoms with Gasteiger partial charge in [-0.1, -0.05) is 11.2 Å². The summed E-state index contributed by atoms with van der Waals surface area (Å²) in [5.74, 6) is 0.675. The highest BCUT2D eigenvalue weighted by Crippen LogP contribution is 2.30. The number of likely N-dealkylation sites (tertiary alicyclic amines) is 1. The Morgan fingerprint density at radius 1 is 1.52 bits per heavy atom. The number of hydrogen-bond acceptors (Lipinski definition) is 6. The van der Waals surface area contributed by atoms with Crippen molar-refractivity contribution in [2.75, 3.05) is 6.54 Å². The molecule has 1 atom stereocenters. The van der Waals surface area contributed by atoms with E-state index >= 15 is 0 Å². The van der Waals surface area contributed by atoms with E-state index in [-0.39, 0.29) is 24.4 Å². The zero-order chi connectivity index (χ0) is 14.7. The smallest absolute Gasteiger partial charge is 0.252 e. The van der Waals surface area contributed by atoms with Crippen LogP contribution in [0.25, 0.3) is 0 Å². The zero-order valence-electron chi connectivity index (χ0n) is 11.5. The third kappa shape index (κ3) is 2.92. The van der Waals surface area contributed by atoms with Crippen molar-refractivity contribution in [1.82, 2.24) is 20.0 Å². The first-order valence-corrected chi connectivity index (χ1v) is 6.89. The fraction of sp³-hybridized carbons (Fsp3) is 0.429. The van der Waals surface area contributed by atoms with E-state index in [4.69, 9.17) is 9.63 Å². The molecule has 0 radical (unpaired) electrons. The molecule has 3 rings (SSSR count). The van der Waals surface area contributed by atoms with Crippen molar-refractivity contribution in [3.8, 4) is 0 Å². The molecule has 0 bridgehead atoms. The summed E-state index contributed by atoms with van der Waals surface area (Å²) in [6.07, 6.45) is 5.41. The van der Waals surface area contributed by atoms with Crippen molar-refractivity contribution in [2.45, 2.75) is 31.9 Å². The van der Waals surface area contributed by atoms with Gasteiger partial charge >= 0.3 is 0 Å². The van der Waals surface area contributed by atoms with Gasteiger partial charge in [-0.05, 0) is 24.5 Å². The van der Waals surface area contributed by atoms with Crippen LogP contribution < -0.4 is 0 Å². The van der Waals surface area contributed by atoms with E-state index in [1.807, 2.05) is 12.1 Å². The van der Waals surface area contributed by atoms with Crippen molar-refractivity contribution in [1.29, 1.82) is 0 Å². The quantitative estimate of drug-likeness (QED) is 0.897. The second kappa shape index (κ2) is 6.01. The van der Waals surface area contributed by atoms with Crippen LogP contribution in [0.3, 0.4) is 0 Å². The number of pyridine rings is 1. The van der Waals surface area contributed by atoms with Crippen LogP contribution in [0.4, 0.5) is 0 Å². The number of aliphatic hydroxyl groups is 1. The van der Waals surface area contributed by atoms with Crippen LogP contribution in [0.2, 0.25) is 0 Å². The van der Waals surface area contributed by atoms with E-state index in [0.717, 1.165) is 18.4 Å². The molecule has 0 saturated carbocycles. The summed E-state index contributed by atoms with van der Waals surface area (Å²) in [7, 11) is 0. The molecule has 1 aliphatic heterocycles. The third-order valence-corrected chi connectivity index (χ3v) is 3.57. The van der Waals surface area contributed by atoms with Gasteiger partial charge < -0.3 is 14.5 Å². The lowest BCUT2D eigenvalue weighted by atomic mass is 10.1. The van der Waals surface area contributed by atoms with Gasteiger partial charge in [0.25, 0.3) is 5.89 Å². The van der Waals surface area contributed by atoms with Gasteiger partial charge in [0.05, 0.1) is 12.5 Å². The third-order valence-electron chi connectivity index (χ3n) is 3.57. The number of hydrogen-bond donors (Lipinski definition) is 1. The van der Waals surface area contributed by atoms with Crippen LogP contribution in [0.1, 0.15) is 36.2 Å². The summed E-state index contributed by atoms with van der Waals surface area (Å²) in [4.78, 5) is 22.3. The van der Waals surface area contributed by atoms with Crippen LogP contribution >= 0.6 is 0 Å². The standard InChI is InChI=1S/C14H16N4O3/c19-9-12-16-14(17-21-12)11-4-2-6-18(11)13(20)7-10-3-1-5-15-8-10/h1,3,5,8,11,19H,2,4,6-7,9H2. The molecule has 3 heterocycles. The van der Waals surface area contributed by atoms with Crippen molar-refractivity contribution >= 4 is 5.91 Å². The molecule has 1 N–H and O–H groups in total. The lowest BCUT2D eigenvalue weighted by molar-refractivity contribution is -0.131. The Balaban J connectivity index is 1.73. The van der Waals surface area contributed by atoms with Gasteiger partial charge in [-0.15, -0.1) is 0 Å². The Labute approximate surface area is 121 Å². The van der Waals surface area contributed by atoms with Crippen molar-refractivity contribution in [3.05, 3.63) is 41.8 Å². The number of amides is 1. The summed E-state index contributed by atoms with van der Waals surface area (Å²) in [5.41, 5.74) is 0.886. The van der Waals surface area contributed by atoms with Gasteiger partial charge in [-0.2, -0.15) is 4.98 Å². The minimum atomic E-state index is -0.288. The molecular weight excluding hydrogens is 272 g/mol. The molecule has 2 aromatic rings. The highest BCUT2D eigenvalue weighted by molar-refractivity contribution is 5.79. The maximum atomic E-state index is 12.4. The maximum absolute atomic E-state index is 12.4. The molecule has 1 amide bonds. The lowest BCUT2D eigenvalue weighted by Gasteiger charge is -2.22. The molecule has 1 unspecified atom stereocenters. The van der Waals surface area contributed by atoms with Gasteiger partial charge in [0.1, 0.15) is 6.61 Å². The Kier molecular flexibility index (Phi) is 3.92. The summed E-state index contributed by atoms with van der Waals surface area (Å²) in [5, 5.41) is 12.8. The predicted molar refractivity (Wildman–Crippen MR) is 71.8 cm³/mol. The summed E-state index contributed by atoms with van der Waals surface area (Å²) >= 11 is 0. The van der Waals surface area contributed by atoms with Gasteiger partial charge in [-0.3, -0.25) is 9.78 Å². The number of aliphatic hydroxyl groups excluding tert-OH is 1. The summed E-state index contributed by atoms with van der Waals surface area (Å²) in [6, 6.07) is 3.53. The molecule has 2 aromatic heterocycles. The molecule has 0 aliphatic carbocycles. The van der Waals surface area contributed by atoms with E-state index in [0.29, 0.717) is 18.8 Å². The van der Waals surface area contributed by atoms with E-state index in [9.17, 15) is 4.79 Å². The second-order valence-corrected chi connectivity index (χ2v) is 4.99. The Morgan fingerprint density at radius 3 is 3.14 bits per heavy atom. The molecule has 0 spiro atoms. The molecule has 21 heavy (non-hydrogen) atoms. The molecule has 1 saturated heterocycles. The number of aromatic nitrogens is 3. The fourth-order valence-corrected chi connectivity index (χ4v) is 2.58. The normalized spacial score (nSPS) is 18.1. The predicted octanol–water partition coefficient (Wildman–Crippen LogP) is 0.863. The Morgan fingerprint density at radius 2 is 2.43 bits per heavy atom. The second-order valence-electron chi connectivity index (χ2n) is 4.99. The van der Waals surface area contributed by atoms with Gasteiger partial charge in [-0.25, -0.2) is 0 Å². The molecule has 7 heteroatoms. The number of nitrogens with zero attached hydrogens (tertiary/aromatic N) is 4. The summed E-state index contributed by atoms with van der Waals surface area (Å²) in [6.45, 7) is 0.399. The first-order valence-electron chi connectivity index (χ1n) is 6.89. The minimum absolute atomic E-state index is 0.0286. The monoisotopic (exact) mass is 288 g/mol. The van der Waals surface area contributed by atoms with Crippen LogP contribution in [-0.2, 0) is 17.8 Å². The maximum Gasteiger partial charge on any atom is 0.252 e. The zero-order valence-corrected chi connectivity index (χ0v) is 11.5. The Hall–Kier alpha value is -2.28. The minimum Gasteiger partial charge on any atom is -0.387 e. The number of carbonyl (C=O) groups excluding carboxylic acids is 1.